The lowest BCUT2D eigenvalue weighted by Crippen LogP contribution is -1.85. The van der Waals surface area contributed by atoms with Crippen LogP contribution in [0.5, 0.6) is 0 Å². The minimum atomic E-state index is -0.454. The number of rotatable bonds is 0. The molecule has 0 aromatic rings. The van der Waals surface area contributed by atoms with E-state index < -0.39 is 9.72 Å². The van der Waals surface area contributed by atoms with Crippen molar-refractivity contribution in [3.8, 4) is 0 Å². The lowest BCUT2D eigenvalue weighted by atomic mass is 10.8. The Bertz CT molecular complexity index is 149. The molecule has 7 heavy (non-hydrogen) atoms. The lowest BCUT2D eigenvalue weighted by molar-refractivity contribution is 1.62. The first-order valence-electron chi connectivity index (χ1n) is 1.84. The second-order valence-corrected chi connectivity index (χ2v) is 5.36. The summed E-state index contributed by atoms with van der Waals surface area (Å²) in [4.78, 5) is 0. The summed E-state index contributed by atoms with van der Waals surface area (Å²) in [5.74, 6) is 0.812. The van der Waals surface area contributed by atoms with Crippen molar-refractivity contribution in [2.24, 2.45) is 0 Å². The average molecular weight is 134 g/mol. The highest BCUT2D eigenvalue weighted by atomic mass is 33.1. The summed E-state index contributed by atoms with van der Waals surface area (Å²) in [5.41, 5.74) is 0. The minimum absolute atomic E-state index is 0.384. The summed E-state index contributed by atoms with van der Waals surface area (Å²) in [6.45, 7) is 0. The van der Waals surface area contributed by atoms with Crippen LogP contribution in [0.15, 0.2) is 11.5 Å². The molecular formula is C3H6N2S2. The quantitative estimate of drug-likeness (QED) is 0.468. The fourth-order valence-corrected chi connectivity index (χ4v) is 2.61. The van der Waals surface area contributed by atoms with Crippen molar-refractivity contribution in [2.75, 3.05) is 5.75 Å². The Morgan fingerprint density at radius 3 is 2.29 bits per heavy atom. The molecule has 0 amide bonds. The third-order valence-electron chi connectivity index (χ3n) is 0.684. The number of hydrogen-bond donors (Lipinski definition) is 2. The van der Waals surface area contributed by atoms with Gasteiger partial charge >= 0.3 is 0 Å². The van der Waals surface area contributed by atoms with Crippen LogP contribution in [-0.2, 0) is 19.4 Å². The minimum Gasteiger partial charge on any atom is -0.268 e. The van der Waals surface area contributed by atoms with E-state index in [1.165, 1.54) is 0 Å². The largest absolute Gasteiger partial charge is 0.268 e. The van der Waals surface area contributed by atoms with Crippen LogP contribution < -0.4 is 0 Å². The SMILES string of the molecule is N=S1C=CCS1=N. The Kier molecular flexibility index (Phi) is 1.39. The average Bonchev–Trinajstić information content (AvgIpc) is 1.91. The van der Waals surface area contributed by atoms with Gasteiger partial charge in [0, 0.05) is 5.75 Å². The van der Waals surface area contributed by atoms with E-state index in [-0.39, 0.29) is 9.72 Å². The van der Waals surface area contributed by atoms with Gasteiger partial charge in [0.1, 0.15) is 0 Å². The number of nitrogens with one attached hydrogen (secondary N) is 2. The maximum Gasteiger partial charge on any atom is 0.0338 e. The van der Waals surface area contributed by atoms with E-state index in [2.05, 4.69) is 0 Å². The molecule has 2 N–H and O–H groups in total. The Morgan fingerprint density at radius 2 is 2.14 bits per heavy atom. The Morgan fingerprint density at radius 1 is 1.43 bits per heavy atom. The standard InChI is InChI=1S/C3H6N2S2/c4-6-2-1-3-7(6)5/h1-2,4-5H,3H2. The molecule has 0 radical (unpaired) electrons. The predicted molar refractivity (Wildman–Crippen MR) is 34.2 cm³/mol. The van der Waals surface area contributed by atoms with Crippen LogP contribution in [0.2, 0.25) is 0 Å². The van der Waals surface area contributed by atoms with Crippen LogP contribution >= 0.6 is 0 Å². The summed E-state index contributed by atoms with van der Waals surface area (Å²) in [6.07, 6.45) is 1.92. The molecular weight excluding hydrogens is 128 g/mol. The summed E-state index contributed by atoms with van der Waals surface area (Å²) in [7, 11) is -0.838. The Labute approximate surface area is 46.8 Å². The summed E-state index contributed by atoms with van der Waals surface area (Å²) in [6, 6.07) is 0. The monoisotopic (exact) mass is 134 g/mol. The molecule has 1 rings (SSSR count). The molecule has 0 aliphatic carbocycles. The molecule has 0 spiro atoms. The van der Waals surface area contributed by atoms with Crippen molar-refractivity contribution in [3.63, 3.8) is 0 Å². The first-order chi connectivity index (χ1) is 3.30. The third kappa shape index (κ3) is 0.978. The van der Waals surface area contributed by atoms with Gasteiger partial charge in [-0.15, -0.1) is 0 Å². The van der Waals surface area contributed by atoms with Gasteiger partial charge in [-0.25, -0.2) is 0 Å². The zero-order chi connectivity index (χ0) is 5.28. The highest BCUT2D eigenvalue weighted by Crippen LogP contribution is 2.04. The molecule has 0 saturated heterocycles. The van der Waals surface area contributed by atoms with Gasteiger partial charge in [-0.1, -0.05) is 6.08 Å². The van der Waals surface area contributed by atoms with Crippen LogP contribution in [0.4, 0.5) is 0 Å². The van der Waals surface area contributed by atoms with Gasteiger partial charge in [0.2, 0.25) is 0 Å². The lowest BCUT2D eigenvalue weighted by Gasteiger charge is -1.87. The van der Waals surface area contributed by atoms with Gasteiger partial charge < -0.3 is 0 Å². The fourth-order valence-electron chi connectivity index (χ4n) is 0.354. The van der Waals surface area contributed by atoms with Gasteiger partial charge in [0.05, 0.1) is 0 Å². The molecule has 0 fully saturated rings. The van der Waals surface area contributed by atoms with Crippen LogP contribution in [-0.4, -0.2) is 5.75 Å². The fraction of sp³-hybridized carbons (Fsp3) is 0.333. The van der Waals surface area contributed by atoms with Gasteiger partial charge in [-0.05, 0) is 24.9 Å². The van der Waals surface area contributed by atoms with E-state index in [1.54, 1.807) is 0 Å². The number of hydrogen-bond acceptors (Lipinski definition) is 2. The highest BCUT2D eigenvalue weighted by molar-refractivity contribution is 8.63. The zero-order valence-electron chi connectivity index (χ0n) is 3.68. The van der Waals surface area contributed by atoms with Crippen LogP contribution in [0.1, 0.15) is 0 Å². The van der Waals surface area contributed by atoms with Crippen LogP contribution in [0.25, 0.3) is 0 Å². The Hall–Kier alpha value is 0.0400. The van der Waals surface area contributed by atoms with Crippen molar-refractivity contribution in [2.45, 2.75) is 0 Å². The molecule has 0 saturated carbocycles. The van der Waals surface area contributed by atoms with E-state index in [0.717, 1.165) is 5.75 Å². The third-order valence-corrected chi connectivity index (χ3v) is 4.09. The molecule has 1 heterocycles. The molecule has 0 aromatic heterocycles. The zero-order valence-corrected chi connectivity index (χ0v) is 5.31. The van der Waals surface area contributed by atoms with Gasteiger partial charge in [0.15, 0.2) is 0 Å². The van der Waals surface area contributed by atoms with Gasteiger partial charge in [0.25, 0.3) is 0 Å². The topological polar surface area (TPSA) is 47.7 Å². The molecule has 1 aliphatic heterocycles. The summed E-state index contributed by atoms with van der Waals surface area (Å²) in [5, 5.41) is 1.82. The van der Waals surface area contributed by atoms with Crippen LogP contribution in [0, 0.1) is 9.56 Å². The molecule has 4 heteroatoms. The van der Waals surface area contributed by atoms with Crippen molar-refractivity contribution in [3.05, 3.63) is 11.5 Å². The highest BCUT2D eigenvalue weighted by Gasteiger charge is 2.00. The second kappa shape index (κ2) is 1.88. The van der Waals surface area contributed by atoms with Gasteiger partial charge in [-0.3, -0.25) is 9.56 Å². The van der Waals surface area contributed by atoms with E-state index in [9.17, 15) is 0 Å². The van der Waals surface area contributed by atoms with Gasteiger partial charge in [-0.2, -0.15) is 0 Å². The molecule has 2 nitrogen and oxygen atoms in total. The maximum absolute atomic E-state index is 7.13. The maximum atomic E-state index is 7.13. The van der Waals surface area contributed by atoms with Crippen molar-refractivity contribution >= 4 is 19.4 Å². The van der Waals surface area contributed by atoms with E-state index >= 15 is 0 Å². The molecule has 2 unspecified atom stereocenters. The predicted octanol–water partition coefficient (Wildman–Crippen LogP) is 1.19. The Balaban J connectivity index is 2.81. The molecule has 0 aromatic carbocycles. The van der Waals surface area contributed by atoms with Crippen molar-refractivity contribution in [1.82, 2.24) is 0 Å². The molecule has 40 valence electrons. The summed E-state index contributed by atoms with van der Waals surface area (Å²) >= 11 is 0. The smallest absolute Gasteiger partial charge is 0.0338 e. The molecule has 0 bridgehead atoms. The summed E-state index contributed by atoms with van der Waals surface area (Å²) < 4.78 is 14.2. The van der Waals surface area contributed by atoms with Crippen molar-refractivity contribution < 1.29 is 0 Å². The molecule has 2 atom stereocenters. The normalized spacial score (nSPS) is 39.4. The van der Waals surface area contributed by atoms with Crippen molar-refractivity contribution in [1.29, 1.82) is 9.56 Å². The molecule has 1 aliphatic rings. The second-order valence-electron chi connectivity index (χ2n) is 1.18. The van der Waals surface area contributed by atoms with E-state index in [0.29, 0.717) is 0 Å². The van der Waals surface area contributed by atoms with Crippen LogP contribution in [0.3, 0.4) is 0 Å². The van der Waals surface area contributed by atoms with E-state index in [1.807, 2.05) is 11.5 Å². The first kappa shape index (κ1) is 5.18. The van der Waals surface area contributed by atoms with E-state index in [4.69, 9.17) is 9.56 Å². The first-order valence-corrected chi connectivity index (χ1v) is 5.04.